The van der Waals surface area contributed by atoms with Gasteiger partial charge in [0, 0.05) is 45.4 Å². The number of aromatic nitrogens is 3. The first-order chi connectivity index (χ1) is 15.9. The fraction of sp³-hybridized carbons (Fsp3) is 0.0400. The maximum Gasteiger partial charge on any atom is 0.269 e. The molecule has 5 rings (SSSR count). The molecule has 0 unspecified atom stereocenters. The largest absolute Gasteiger partial charge is 0.350 e. The summed E-state index contributed by atoms with van der Waals surface area (Å²) in [5.41, 5.74) is 2.94. The van der Waals surface area contributed by atoms with Crippen molar-refractivity contribution in [2.75, 3.05) is 0 Å². The minimum atomic E-state index is -0.463. The molecule has 5 aromatic rings. The van der Waals surface area contributed by atoms with E-state index in [-0.39, 0.29) is 11.2 Å². The third kappa shape index (κ3) is 3.82. The van der Waals surface area contributed by atoms with Crippen LogP contribution in [0.25, 0.3) is 39.6 Å². The Balaban J connectivity index is 1.72. The number of para-hydroxylation sites is 1. The highest BCUT2D eigenvalue weighted by Crippen LogP contribution is 2.23. The second-order valence-electron chi connectivity index (χ2n) is 7.59. The van der Waals surface area contributed by atoms with Crippen LogP contribution in [0, 0.1) is 13.7 Å². The average Bonchev–Trinajstić information content (AvgIpc) is 3.14. The van der Waals surface area contributed by atoms with E-state index < -0.39 is 4.92 Å². The van der Waals surface area contributed by atoms with Crippen LogP contribution in [0.4, 0.5) is 5.69 Å². The molecule has 0 fully saturated rings. The number of rotatable bonds is 4. The number of halogens is 1. The maximum atomic E-state index is 13.5. The zero-order valence-corrected chi connectivity index (χ0v) is 19.6. The van der Waals surface area contributed by atoms with Crippen molar-refractivity contribution in [3.05, 3.63) is 108 Å². The Morgan fingerprint density at radius 3 is 2.52 bits per heavy atom. The predicted molar refractivity (Wildman–Crippen MR) is 139 cm³/mol. The van der Waals surface area contributed by atoms with Crippen molar-refractivity contribution in [2.24, 2.45) is 7.05 Å². The molecule has 0 spiro atoms. The van der Waals surface area contributed by atoms with Crippen molar-refractivity contribution < 1.29 is 4.92 Å². The summed E-state index contributed by atoms with van der Waals surface area (Å²) in [5, 5.41) is 12.7. The summed E-state index contributed by atoms with van der Waals surface area (Å²) in [4.78, 5) is 28.9. The molecule has 2 heterocycles. The monoisotopic (exact) mass is 548 g/mol. The maximum absolute atomic E-state index is 13.5. The van der Waals surface area contributed by atoms with Gasteiger partial charge < -0.3 is 4.57 Å². The minimum Gasteiger partial charge on any atom is -0.350 e. The van der Waals surface area contributed by atoms with Gasteiger partial charge in [-0.25, -0.2) is 4.98 Å². The number of benzene rings is 3. The fourth-order valence-electron chi connectivity index (χ4n) is 3.93. The molecule has 0 saturated carbocycles. The van der Waals surface area contributed by atoms with Gasteiger partial charge in [0.2, 0.25) is 0 Å². The number of nitro benzene ring substituents is 1. The van der Waals surface area contributed by atoms with E-state index in [1.165, 1.54) is 16.7 Å². The van der Waals surface area contributed by atoms with E-state index in [4.69, 9.17) is 4.98 Å². The van der Waals surface area contributed by atoms with Crippen LogP contribution >= 0.6 is 22.6 Å². The molecule has 0 aliphatic heterocycles. The minimum absolute atomic E-state index is 0.0389. The normalized spacial score (nSPS) is 11.6. The molecule has 0 amide bonds. The number of aryl methyl sites for hydroxylation is 1. The Labute approximate surface area is 201 Å². The van der Waals surface area contributed by atoms with Gasteiger partial charge in [0.25, 0.3) is 11.2 Å². The van der Waals surface area contributed by atoms with E-state index in [9.17, 15) is 14.9 Å². The van der Waals surface area contributed by atoms with Crippen molar-refractivity contribution >= 4 is 62.2 Å². The van der Waals surface area contributed by atoms with Gasteiger partial charge >= 0.3 is 0 Å². The highest BCUT2D eigenvalue weighted by molar-refractivity contribution is 14.1. The molecule has 0 saturated heterocycles. The molecule has 0 N–H and O–H groups in total. The lowest BCUT2D eigenvalue weighted by Crippen LogP contribution is -2.22. The first-order valence-electron chi connectivity index (χ1n) is 10.1. The zero-order chi connectivity index (χ0) is 23.1. The number of nitro groups is 1. The van der Waals surface area contributed by atoms with Crippen molar-refractivity contribution in [3.8, 4) is 5.69 Å². The van der Waals surface area contributed by atoms with Crippen LogP contribution in [0.1, 0.15) is 11.4 Å². The van der Waals surface area contributed by atoms with Crippen LogP contribution in [0.3, 0.4) is 0 Å². The number of hydrogen-bond acceptors (Lipinski definition) is 4. The number of nitrogens with zero attached hydrogens (tertiary/aromatic N) is 4. The molecule has 0 radical (unpaired) electrons. The predicted octanol–water partition coefficient (Wildman–Crippen LogP) is 5.56. The van der Waals surface area contributed by atoms with Crippen molar-refractivity contribution in [3.63, 3.8) is 0 Å². The van der Waals surface area contributed by atoms with Gasteiger partial charge in [-0.3, -0.25) is 19.5 Å². The first-order valence-corrected chi connectivity index (χ1v) is 11.2. The summed E-state index contributed by atoms with van der Waals surface area (Å²) in [7, 11) is 1.99. The molecule has 7 nitrogen and oxygen atoms in total. The highest BCUT2D eigenvalue weighted by atomic mass is 127. The average molecular weight is 548 g/mol. The Morgan fingerprint density at radius 2 is 1.76 bits per heavy atom. The molecule has 0 atom stereocenters. The molecule has 0 bridgehead atoms. The van der Waals surface area contributed by atoms with Gasteiger partial charge in [-0.05, 0) is 71.1 Å². The van der Waals surface area contributed by atoms with Crippen molar-refractivity contribution in [2.45, 2.75) is 0 Å². The Morgan fingerprint density at radius 1 is 1.00 bits per heavy atom. The van der Waals surface area contributed by atoms with E-state index in [1.54, 1.807) is 18.2 Å². The highest BCUT2D eigenvalue weighted by Gasteiger charge is 2.14. The lowest BCUT2D eigenvalue weighted by Gasteiger charge is -2.11. The number of fused-ring (bicyclic) bond motifs is 2. The summed E-state index contributed by atoms with van der Waals surface area (Å²) < 4.78 is 4.46. The summed E-state index contributed by atoms with van der Waals surface area (Å²) in [5.74, 6) is 0.440. The molecule has 0 aliphatic rings. The smallest absolute Gasteiger partial charge is 0.269 e. The zero-order valence-electron chi connectivity index (χ0n) is 17.5. The summed E-state index contributed by atoms with van der Waals surface area (Å²) in [6.07, 6.45) is 5.77. The van der Waals surface area contributed by atoms with Gasteiger partial charge in [-0.15, -0.1) is 0 Å². The van der Waals surface area contributed by atoms with Crippen LogP contribution in [-0.4, -0.2) is 19.0 Å². The molecule has 0 aliphatic carbocycles. The standard InChI is InChI=1S/C25H17IN4O3/c1-28-15-16(20-4-2-3-5-23(20)28)6-13-24-27-22-12-7-17(26)14-21(22)25(31)29(24)18-8-10-19(11-9-18)30(32)33/h2-15H,1H3/b13-6+. The first kappa shape index (κ1) is 21.1. The van der Waals surface area contributed by atoms with Gasteiger partial charge in [0.1, 0.15) is 5.82 Å². The molecule has 33 heavy (non-hydrogen) atoms. The molecular formula is C25H17IN4O3. The molecule has 8 heteroatoms. The molecule has 2 aromatic heterocycles. The lowest BCUT2D eigenvalue weighted by atomic mass is 10.1. The molecular weight excluding hydrogens is 531 g/mol. The summed E-state index contributed by atoms with van der Waals surface area (Å²) >= 11 is 2.16. The third-order valence-corrected chi connectivity index (χ3v) is 6.19. The Hall–Kier alpha value is -3.79. The SMILES string of the molecule is Cn1cc(/C=C/c2nc3ccc(I)cc3c(=O)n2-c2ccc([N+](=O)[O-])cc2)c2ccccc21. The van der Waals surface area contributed by atoms with Gasteiger partial charge in [-0.2, -0.15) is 0 Å². The van der Waals surface area contributed by atoms with Crippen LogP contribution in [0.5, 0.6) is 0 Å². The fourth-order valence-corrected chi connectivity index (χ4v) is 4.42. The van der Waals surface area contributed by atoms with Crippen molar-refractivity contribution in [1.29, 1.82) is 0 Å². The second-order valence-corrected chi connectivity index (χ2v) is 8.84. The van der Waals surface area contributed by atoms with E-state index >= 15 is 0 Å². The third-order valence-electron chi connectivity index (χ3n) is 5.51. The van der Waals surface area contributed by atoms with Gasteiger partial charge in [0.15, 0.2) is 0 Å². The van der Waals surface area contributed by atoms with Crippen LogP contribution < -0.4 is 5.56 Å². The quantitative estimate of drug-likeness (QED) is 0.167. The summed E-state index contributed by atoms with van der Waals surface area (Å²) in [6.45, 7) is 0. The van der Waals surface area contributed by atoms with Gasteiger partial charge in [0.05, 0.1) is 21.5 Å². The Kier molecular flexibility index (Phi) is 5.29. The topological polar surface area (TPSA) is 83.0 Å². The van der Waals surface area contributed by atoms with Crippen LogP contribution in [-0.2, 0) is 7.05 Å². The second kappa shape index (κ2) is 8.28. The Bertz CT molecular complexity index is 1630. The van der Waals surface area contributed by atoms with Crippen LogP contribution in [0.15, 0.2) is 77.7 Å². The van der Waals surface area contributed by atoms with E-state index in [1.807, 2.05) is 60.3 Å². The van der Waals surface area contributed by atoms with E-state index in [0.717, 1.165) is 20.0 Å². The lowest BCUT2D eigenvalue weighted by molar-refractivity contribution is -0.384. The van der Waals surface area contributed by atoms with Crippen molar-refractivity contribution in [1.82, 2.24) is 14.1 Å². The molecule has 162 valence electrons. The number of non-ortho nitro benzene ring substituents is 1. The number of hydrogen-bond donors (Lipinski definition) is 0. The van der Waals surface area contributed by atoms with E-state index in [2.05, 4.69) is 28.7 Å². The van der Waals surface area contributed by atoms with Crippen LogP contribution in [0.2, 0.25) is 0 Å². The van der Waals surface area contributed by atoms with E-state index in [0.29, 0.717) is 22.4 Å². The van der Waals surface area contributed by atoms with Gasteiger partial charge in [-0.1, -0.05) is 18.2 Å². The summed E-state index contributed by atoms with van der Waals surface area (Å²) in [6, 6.07) is 19.5. The molecule has 3 aromatic carbocycles.